The summed E-state index contributed by atoms with van der Waals surface area (Å²) in [4.78, 5) is 8.15. The van der Waals surface area contributed by atoms with Crippen molar-refractivity contribution < 1.29 is 13.7 Å². The first-order chi connectivity index (χ1) is 9.31. The van der Waals surface area contributed by atoms with Crippen LogP contribution in [0.4, 0.5) is 4.39 Å². The minimum atomic E-state index is -0.393. The fourth-order valence-corrected chi connectivity index (χ4v) is 1.91. The van der Waals surface area contributed by atoms with Crippen molar-refractivity contribution in [1.29, 1.82) is 0 Å². The van der Waals surface area contributed by atoms with E-state index in [1.807, 2.05) is 0 Å². The lowest BCUT2D eigenvalue weighted by Gasteiger charge is -2.22. The predicted molar refractivity (Wildman–Crippen MR) is 63.8 cm³/mol. The van der Waals surface area contributed by atoms with Gasteiger partial charge in [-0.15, -0.1) is 0 Å². The SMILES string of the molecule is Fc1ccc(-c2noc(CC3COCCN3)n2)nc1. The van der Waals surface area contributed by atoms with Crippen molar-refractivity contribution in [2.45, 2.75) is 12.5 Å². The van der Waals surface area contributed by atoms with Crippen molar-refractivity contribution in [2.24, 2.45) is 0 Å². The van der Waals surface area contributed by atoms with Crippen LogP contribution < -0.4 is 5.32 Å². The van der Waals surface area contributed by atoms with Crippen LogP contribution in [0.25, 0.3) is 11.5 Å². The average molecular weight is 264 g/mol. The summed E-state index contributed by atoms with van der Waals surface area (Å²) in [6.07, 6.45) is 1.73. The van der Waals surface area contributed by atoms with Crippen molar-refractivity contribution in [2.75, 3.05) is 19.8 Å². The quantitative estimate of drug-likeness (QED) is 0.884. The molecule has 1 unspecified atom stereocenters. The molecule has 2 aromatic heterocycles. The van der Waals surface area contributed by atoms with Gasteiger partial charge in [-0.3, -0.25) is 0 Å². The number of rotatable bonds is 3. The molecule has 1 fully saturated rings. The molecule has 0 amide bonds. The van der Waals surface area contributed by atoms with Gasteiger partial charge < -0.3 is 14.6 Å². The van der Waals surface area contributed by atoms with Crippen LogP contribution >= 0.6 is 0 Å². The molecule has 6 nitrogen and oxygen atoms in total. The second-order valence-electron chi connectivity index (χ2n) is 4.30. The summed E-state index contributed by atoms with van der Waals surface area (Å²) in [5.41, 5.74) is 0.490. The van der Waals surface area contributed by atoms with Crippen molar-refractivity contribution >= 4 is 0 Å². The number of nitrogens with one attached hydrogen (secondary N) is 1. The maximum absolute atomic E-state index is 12.8. The van der Waals surface area contributed by atoms with E-state index in [1.165, 1.54) is 12.1 Å². The fourth-order valence-electron chi connectivity index (χ4n) is 1.91. The lowest BCUT2D eigenvalue weighted by atomic mass is 10.2. The van der Waals surface area contributed by atoms with E-state index in [0.717, 1.165) is 19.3 Å². The molecule has 1 saturated heterocycles. The zero-order valence-electron chi connectivity index (χ0n) is 10.2. The Kier molecular flexibility index (Phi) is 3.47. The van der Waals surface area contributed by atoms with Gasteiger partial charge in [0.25, 0.3) is 0 Å². The molecule has 0 aliphatic carbocycles. The number of ether oxygens (including phenoxy) is 1. The van der Waals surface area contributed by atoms with Gasteiger partial charge in [-0.1, -0.05) is 5.16 Å². The Labute approximate surface area is 109 Å². The van der Waals surface area contributed by atoms with E-state index in [2.05, 4.69) is 20.4 Å². The Hall–Kier alpha value is -1.86. The number of hydrogen-bond donors (Lipinski definition) is 1. The summed E-state index contributed by atoms with van der Waals surface area (Å²) >= 11 is 0. The Bertz CT molecular complexity index is 537. The Morgan fingerprint density at radius 3 is 3.11 bits per heavy atom. The third kappa shape index (κ3) is 2.94. The maximum Gasteiger partial charge on any atom is 0.228 e. The number of morpholine rings is 1. The van der Waals surface area contributed by atoms with Crippen LogP contribution in [-0.4, -0.2) is 40.9 Å². The molecule has 3 rings (SSSR count). The molecule has 3 heterocycles. The van der Waals surface area contributed by atoms with Crippen LogP contribution in [0.15, 0.2) is 22.9 Å². The van der Waals surface area contributed by atoms with E-state index in [9.17, 15) is 4.39 Å². The molecule has 100 valence electrons. The standard InChI is InChI=1S/C12H13FN4O2/c13-8-1-2-10(15-6-8)12-16-11(19-17-12)5-9-7-18-4-3-14-9/h1-2,6,9,14H,3-5,7H2. The molecule has 0 saturated carbocycles. The summed E-state index contributed by atoms with van der Waals surface area (Å²) < 4.78 is 23.3. The first-order valence-corrected chi connectivity index (χ1v) is 6.07. The summed E-state index contributed by atoms with van der Waals surface area (Å²) in [5.74, 6) is 0.492. The third-order valence-corrected chi connectivity index (χ3v) is 2.84. The van der Waals surface area contributed by atoms with E-state index >= 15 is 0 Å². The molecule has 1 aliphatic heterocycles. The molecule has 1 aliphatic rings. The molecular weight excluding hydrogens is 251 g/mol. The molecule has 7 heteroatoms. The largest absolute Gasteiger partial charge is 0.378 e. The highest BCUT2D eigenvalue weighted by Crippen LogP contribution is 2.14. The van der Waals surface area contributed by atoms with Crippen LogP contribution in [0.5, 0.6) is 0 Å². The van der Waals surface area contributed by atoms with Gasteiger partial charge in [0.15, 0.2) is 0 Å². The Morgan fingerprint density at radius 2 is 2.37 bits per heavy atom. The van der Waals surface area contributed by atoms with Crippen LogP contribution in [0.1, 0.15) is 5.89 Å². The van der Waals surface area contributed by atoms with Crippen molar-refractivity contribution in [3.63, 3.8) is 0 Å². The number of hydrogen-bond acceptors (Lipinski definition) is 6. The van der Waals surface area contributed by atoms with Crippen LogP contribution in [-0.2, 0) is 11.2 Å². The topological polar surface area (TPSA) is 73.1 Å². The van der Waals surface area contributed by atoms with Gasteiger partial charge in [0.05, 0.1) is 19.4 Å². The summed E-state index contributed by atoms with van der Waals surface area (Å²) in [6.45, 7) is 2.18. The number of pyridine rings is 1. The second-order valence-corrected chi connectivity index (χ2v) is 4.30. The molecule has 0 aromatic carbocycles. The van der Waals surface area contributed by atoms with Gasteiger partial charge >= 0.3 is 0 Å². The zero-order valence-corrected chi connectivity index (χ0v) is 10.2. The van der Waals surface area contributed by atoms with Gasteiger partial charge in [-0.25, -0.2) is 9.37 Å². The van der Waals surface area contributed by atoms with Crippen LogP contribution in [0.3, 0.4) is 0 Å². The summed E-state index contributed by atoms with van der Waals surface area (Å²) in [6, 6.07) is 3.02. The molecule has 0 bridgehead atoms. The monoisotopic (exact) mass is 264 g/mol. The Morgan fingerprint density at radius 1 is 1.42 bits per heavy atom. The first kappa shape index (κ1) is 12.2. The minimum Gasteiger partial charge on any atom is -0.378 e. The van der Waals surface area contributed by atoms with Gasteiger partial charge in [0.1, 0.15) is 11.5 Å². The smallest absolute Gasteiger partial charge is 0.228 e. The fraction of sp³-hybridized carbons (Fsp3) is 0.417. The zero-order chi connectivity index (χ0) is 13.1. The van der Waals surface area contributed by atoms with E-state index in [1.54, 1.807) is 0 Å². The Balaban J connectivity index is 1.70. The van der Waals surface area contributed by atoms with Crippen molar-refractivity contribution in [3.05, 3.63) is 30.0 Å². The van der Waals surface area contributed by atoms with E-state index < -0.39 is 5.82 Å². The molecule has 19 heavy (non-hydrogen) atoms. The molecule has 1 N–H and O–H groups in total. The van der Waals surface area contributed by atoms with Gasteiger partial charge in [0, 0.05) is 19.0 Å². The molecular formula is C12H13FN4O2. The number of nitrogens with zero attached hydrogens (tertiary/aromatic N) is 3. The van der Waals surface area contributed by atoms with Gasteiger partial charge in [-0.2, -0.15) is 4.98 Å². The minimum absolute atomic E-state index is 0.184. The summed E-state index contributed by atoms with van der Waals surface area (Å²) in [7, 11) is 0. The lowest BCUT2D eigenvalue weighted by Crippen LogP contribution is -2.42. The highest BCUT2D eigenvalue weighted by Gasteiger charge is 2.18. The van der Waals surface area contributed by atoms with Gasteiger partial charge in [0.2, 0.25) is 11.7 Å². The number of halogens is 1. The average Bonchev–Trinajstić information content (AvgIpc) is 2.89. The highest BCUT2D eigenvalue weighted by atomic mass is 19.1. The normalized spacial score (nSPS) is 19.5. The third-order valence-electron chi connectivity index (χ3n) is 2.84. The molecule has 0 radical (unpaired) electrons. The summed E-state index contributed by atoms with van der Waals surface area (Å²) in [5, 5.41) is 7.15. The van der Waals surface area contributed by atoms with Crippen LogP contribution in [0.2, 0.25) is 0 Å². The van der Waals surface area contributed by atoms with E-state index in [0.29, 0.717) is 30.4 Å². The first-order valence-electron chi connectivity index (χ1n) is 6.07. The predicted octanol–water partition coefficient (Wildman–Crippen LogP) is 0.802. The maximum atomic E-state index is 12.8. The van der Waals surface area contributed by atoms with E-state index in [-0.39, 0.29) is 6.04 Å². The molecule has 1 atom stereocenters. The van der Waals surface area contributed by atoms with Crippen molar-refractivity contribution in [3.8, 4) is 11.5 Å². The van der Waals surface area contributed by atoms with E-state index in [4.69, 9.17) is 9.26 Å². The van der Waals surface area contributed by atoms with Crippen molar-refractivity contribution in [1.82, 2.24) is 20.4 Å². The highest BCUT2D eigenvalue weighted by molar-refractivity contribution is 5.47. The van der Waals surface area contributed by atoms with Crippen LogP contribution in [0, 0.1) is 5.82 Å². The van der Waals surface area contributed by atoms with Gasteiger partial charge in [-0.05, 0) is 12.1 Å². The lowest BCUT2D eigenvalue weighted by molar-refractivity contribution is 0.0744. The molecule has 2 aromatic rings. The molecule has 0 spiro atoms. The number of aromatic nitrogens is 3. The second kappa shape index (κ2) is 5.41.